The van der Waals surface area contributed by atoms with Crippen LogP contribution in [0.15, 0.2) is 24.3 Å². The van der Waals surface area contributed by atoms with Crippen LogP contribution in [0, 0.1) is 10.6 Å². The average Bonchev–Trinajstić information content (AvgIpc) is 3.00. The number of para-hydroxylation sites is 1. The second-order valence-corrected chi connectivity index (χ2v) is 8.24. The Labute approximate surface area is 177 Å². The van der Waals surface area contributed by atoms with Crippen LogP contribution in [-0.4, -0.2) is 45.0 Å². The zero-order chi connectivity index (χ0) is 21.0. The van der Waals surface area contributed by atoms with Crippen LogP contribution in [0.1, 0.15) is 51.9 Å². The van der Waals surface area contributed by atoms with Gasteiger partial charge in [0.05, 0.1) is 19.3 Å². The molecule has 29 heavy (non-hydrogen) atoms. The summed E-state index contributed by atoms with van der Waals surface area (Å²) < 4.78 is 29.4. The van der Waals surface area contributed by atoms with Crippen LogP contribution in [0.2, 0.25) is 0 Å². The number of hydrogen-bond acceptors (Lipinski definition) is 5. The normalized spacial score (nSPS) is 21.3. The number of methoxy groups -OCH3 is 1. The highest BCUT2D eigenvalue weighted by atomic mass is 32.1. The van der Waals surface area contributed by atoms with Crippen LogP contribution in [-0.2, 0) is 18.0 Å². The highest BCUT2D eigenvalue weighted by Crippen LogP contribution is 2.24. The van der Waals surface area contributed by atoms with Gasteiger partial charge < -0.3 is 9.47 Å². The highest BCUT2D eigenvalue weighted by molar-refractivity contribution is 7.71. The molecule has 0 bridgehead atoms. The molecule has 1 aliphatic rings. The minimum atomic E-state index is -0.391. The van der Waals surface area contributed by atoms with Crippen molar-refractivity contribution in [2.45, 2.75) is 71.4 Å². The van der Waals surface area contributed by atoms with Gasteiger partial charge in [0, 0.05) is 19.2 Å². The third kappa shape index (κ3) is 5.05. The molecule has 2 aromatic rings. The molecule has 1 aromatic heterocycles. The molecule has 3 atom stereocenters. The zero-order valence-electron chi connectivity index (χ0n) is 17.7. The summed E-state index contributed by atoms with van der Waals surface area (Å²) in [6, 6.07) is 7.35. The molecular weight excluding hydrogens is 391 g/mol. The van der Waals surface area contributed by atoms with Gasteiger partial charge in [-0.05, 0) is 58.0 Å². The minimum Gasteiger partial charge on any atom is -0.483 e. The number of piperidine rings is 1. The number of aromatic nitrogens is 3. The third-order valence-corrected chi connectivity index (χ3v) is 6.06. The van der Waals surface area contributed by atoms with E-state index in [2.05, 4.69) is 18.7 Å². The first-order chi connectivity index (χ1) is 13.9. The molecule has 0 amide bonds. The number of ether oxygens (including phenoxy) is 2. The van der Waals surface area contributed by atoms with Gasteiger partial charge in [0.15, 0.2) is 22.2 Å². The number of hydrogen-bond donors (Lipinski definition) is 0. The first-order valence-electron chi connectivity index (χ1n) is 10.2. The molecule has 0 radical (unpaired) electrons. The monoisotopic (exact) mass is 422 g/mol. The van der Waals surface area contributed by atoms with E-state index < -0.39 is 5.82 Å². The Bertz CT molecular complexity index is 859. The number of benzene rings is 1. The van der Waals surface area contributed by atoms with Crippen molar-refractivity contribution in [1.29, 1.82) is 0 Å². The summed E-state index contributed by atoms with van der Waals surface area (Å²) in [4.78, 5) is 2.44. The Morgan fingerprint density at radius 1 is 1.24 bits per heavy atom. The molecule has 1 aromatic carbocycles. The third-order valence-electron chi connectivity index (χ3n) is 5.66. The molecule has 3 rings (SSSR count). The van der Waals surface area contributed by atoms with E-state index in [0.29, 0.717) is 36.0 Å². The average molecular weight is 423 g/mol. The standard InChI is InChI=1S/C21H31FN4O2S/c1-15-8-7-9-16(2)24(15)14-25-21(29)26(17(3)12-27-4)20(23-25)13-28-19-11-6-5-10-18(19)22/h5-6,10-11,15-17H,7-9,12-14H2,1-4H3/t15-,16+,17-/m1/s1. The SMILES string of the molecule is COC[C@@H](C)n1c(COc2ccccc2F)nn(CN2[C@H](C)CCC[C@@H]2C)c1=S. The lowest BCUT2D eigenvalue weighted by Crippen LogP contribution is -2.44. The summed E-state index contributed by atoms with van der Waals surface area (Å²) in [5.41, 5.74) is 0. The van der Waals surface area contributed by atoms with E-state index in [4.69, 9.17) is 26.8 Å². The fraction of sp³-hybridized carbons (Fsp3) is 0.619. The van der Waals surface area contributed by atoms with Gasteiger partial charge in [0.2, 0.25) is 0 Å². The molecule has 1 saturated heterocycles. The van der Waals surface area contributed by atoms with Crippen LogP contribution in [0.25, 0.3) is 0 Å². The van der Waals surface area contributed by atoms with E-state index in [1.54, 1.807) is 25.3 Å². The second-order valence-electron chi connectivity index (χ2n) is 7.88. The lowest BCUT2D eigenvalue weighted by molar-refractivity contribution is 0.0630. The summed E-state index contributed by atoms with van der Waals surface area (Å²) in [6.07, 6.45) is 3.62. The number of nitrogens with zero attached hydrogens (tertiary/aromatic N) is 4. The molecule has 1 aliphatic heterocycles. The highest BCUT2D eigenvalue weighted by Gasteiger charge is 2.26. The second kappa shape index (κ2) is 9.82. The van der Waals surface area contributed by atoms with Gasteiger partial charge in [-0.2, -0.15) is 5.10 Å². The van der Waals surface area contributed by atoms with Crippen molar-refractivity contribution in [3.8, 4) is 5.75 Å². The molecule has 8 heteroatoms. The fourth-order valence-electron chi connectivity index (χ4n) is 4.03. The van der Waals surface area contributed by atoms with Gasteiger partial charge in [-0.3, -0.25) is 9.47 Å². The van der Waals surface area contributed by atoms with Gasteiger partial charge in [-0.15, -0.1) is 0 Å². The van der Waals surface area contributed by atoms with Crippen LogP contribution in [0.4, 0.5) is 4.39 Å². The number of halogens is 1. The van der Waals surface area contributed by atoms with Crippen molar-refractivity contribution in [3.05, 3.63) is 40.7 Å². The zero-order valence-corrected chi connectivity index (χ0v) is 18.5. The summed E-state index contributed by atoms with van der Waals surface area (Å²) >= 11 is 5.76. The van der Waals surface area contributed by atoms with E-state index >= 15 is 0 Å². The predicted octanol–water partition coefficient (Wildman–Crippen LogP) is 4.56. The Balaban J connectivity index is 1.87. The molecular formula is C21H31FN4O2S. The summed E-state index contributed by atoms with van der Waals surface area (Å²) in [6.45, 7) is 7.82. The van der Waals surface area contributed by atoms with Gasteiger partial charge in [0.25, 0.3) is 0 Å². The van der Waals surface area contributed by atoms with E-state index in [1.165, 1.54) is 25.3 Å². The van der Waals surface area contributed by atoms with Gasteiger partial charge in [-0.25, -0.2) is 9.07 Å². The Morgan fingerprint density at radius 2 is 1.93 bits per heavy atom. The quantitative estimate of drug-likeness (QED) is 0.584. The van der Waals surface area contributed by atoms with E-state index in [9.17, 15) is 4.39 Å². The van der Waals surface area contributed by atoms with Crippen LogP contribution in [0.3, 0.4) is 0 Å². The molecule has 1 fully saturated rings. The van der Waals surface area contributed by atoms with Gasteiger partial charge in [0.1, 0.15) is 6.61 Å². The maximum atomic E-state index is 13.9. The first-order valence-corrected chi connectivity index (χ1v) is 10.6. The Kier molecular flexibility index (Phi) is 7.43. The molecule has 0 N–H and O–H groups in total. The van der Waals surface area contributed by atoms with Crippen molar-refractivity contribution >= 4 is 12.2 Å². The maximum Gasteiger partial charge on any atom is 0.199 e. The van der Waals surface area contributed by atoms with Crippen molar-refractivity contribution in [3.63, 3.8) is 0 Å². The van der Waals surface area contributed by atoms with Gasteiger partial charge in [-0.1, -0.05) is 18.6 Å². The topological polar surface area (TPSA) is 44.5 Å². The van der Waals surface area contributed by atoms with Crippen molar-refractivity contribution in [2.24, 2.45) is 0 Å². The van der Waals surface area contributed by atoms with E-state index in [1.807, 2.05) is 16.2 Å². The fourth-order valence-corrected chi connectivity index (χ4v) is 4.41. The van der Waals surface area contributed by atoms with E-state index in [0.717, 1.165) is 0 Å². The van der Waals surface area contributed by atoms with Crippen LogP contribution in [0.5, 0.6) is 5.75 Å². The minimum absolute atomic E-state index is 0.00308. The molecule has 160 valence electrons. The lowest BCUT2D eigenvalue weighted by Gasteiger charge is -2.38. The smallest absolute Gasteiger partial charge is 0.199 e. The number of likely N-dealkylation sites (tertiary alicyclic amines) is 1. The van der Waals surface area contributed by atoms with Crippen molar-refractivity contribution in [1.82, 2.24) is 19.2 Å². The van der Waals surface area contributed by atoms with Crippen LogP contribution < -0.4 is 4.74 Å². The Hall–Kier alpha value is -1.77. The Morgan fingerprint density at radius 3 is 2.59 bits per heavy atom. The van der Waals surface area contributed by atoms with Crippen LogP contribution >= 0.6 is 12.2 Å². The van der Waals surface area contributed by atoms with Crippen molar-refractivity contribution < 1.29 is 13.9 Å². The van der Waals surface area contributed by atoms with E-state index in [-0.39, 0.29) is 18.4 Å². The molecule has 0 aliphatic carbocycles. The molecule has 0 saturated carbocycles. The summed E-state index contributed by atoms with van der Waals surface area (Å²) in [5.74, 6) is 0.482. The summed E-state index contributed by atoms with van der Waals surface area (Å²) in [7, 11) is 1.66. The molecule has 2 heterocycles. The largest absolute Gasteiger partial charge is 0.483 e. The van der Waals surface area contributed by atoms with Crippen molar-refractivity contribution in [2.75, 3.05) is 13.7 Å². The number of rotatable bonds is 8. The summed E-state index contributed by atoms with van der Waals surface area (Å²) in [5, 5.41) is 4.75. The predicted molar refractivity (Wildman–Crippen MR) is 113 cm³/mol. The molecule has 6 nitrogen and oxygen atoms in total. The molecule has 0 spiro atoms. The van der Waals surface area contributed by atoms with Gasteiger partial charge >= 0.3 is 0 Å². The first kappa shape index (κ1) is 21.9. The molecule has 0 unspecified atom stereocenters. The lowest BCUT2D eigenvalue weighted by atomic mass is 9.98. The maximum absolute atomic E-state index is 13.9.